The van der Waals surface area contributed by atoms with Gasteiger partial charge in [0.25, 0.3) is 0 Å². The van der Waals surface area contributed by atoms with Gasteiger partial charge in [-0.25, -0.2) is 9.50 Å². The number of hydrogen-bond acceptors (Lipinski definition) is 4. The summed E-state index contributed by atoms with van der Waals surface area (Å²) in [7, 11) is 2.06. The number of benzene rings is 1. The van der Waals surface area contributed by atoms with Crippen LogP contribution >= 0.6 is 0 Å². The molecule has 2 heterocycles. The number of aromatic nitrogens is 3. The average Bonchev–Trinajstić information content (AvgIpc) is 2.96. The zero-order valence-corrected chi connectivity index (χ0v) is 14.5. The minimum atomic E-state index is -0.430. The normalized spacial score (nSPS) is 12.9. The van der Waals surface area contributed by atoms with Gasteiger partial charge >= 0.3 is 0 Å². The second kappa shape index (κ2) is 7.11. The van der Waals surface area contributed by atoms with Crippen molar-refractivity contribution in [1.29, 1.82) is 0 Å². The molecular formula is C19H24N4O. The number of fused-ring (bicyclic) bond motifs is 1. The standard InChI is InChI=1S/C19H24N4O/c1-14-11-15(2)23-19(21-14)17(12-20-23)13-22(3)10-9-18(24)16-7-5-4-6-8-16/h4-8,11-12,18,24H,9-10,13H2,1-3H3/t18-/m1/s1. The highest BCUT2D eigenvalue weighted by atomic mass is 16.3. The van der Waals surface area contributed by atoms with Crippen LogP contribution in [0.5, 0.6) is 0 Å². The molecule has 1 atom stereocenters. The Morgan fingerprint density at radius 2 is 1.96 bits per heavy atom. The van der Waals surface area contributed by atoms with Crippen molar-refractivity contribution < 1.29 is 5.11 Å². The second-order valence-corrected chi connectivity index (χ2v) is 6.40. The highest BCUT2D eigenvalue weighted by Gasteiger charge is 2.12. The van der Waals surface area contributed by atoms with Crippen LogP contribution in [0.2, 0.25) is 0 Å². The summed E-state index contributed by atoms with van der Waals surface area (Å²) in [4.78, 5) is 6.81. The third kappa shape index (κ3) is 3.63. The van der Waals surface area contributed by atoms with Gasteiger partial charge in [0, 0.05) is 30.0 Å². The molecule has 0 amide bonds. The van der Waals surface area contributed by atoms with E-state index < -0.39 is 6.10 Å². The smallest absolute Gasteiger partial charge is 0.159 e. The summed E-state index contributed by atoms with van der Waals surface area (Å²) in [6.45, 7) is 5.61. The van der Waals surface area contributed by atoms with E-state index in [2.05, 4.69) is 22.0 Å². The maximum atomic E-state index is 10.3. The first-order valence-corrected chi connectivity index (χ1v) is 8.27. The summed E-state index contributed by atoms with van der Waals surface area (Å²) in [6, 6.07) is 11.8. The summed E-state index contributed by atoms with van der Waals surface area (Å²) in [5.74, 6) is 0. The topological polar surface area (TPSA) is 53.7 Å². The van der Waals surface area contributed by atoms with Gasteiger partial charge in [-0.05, 0) is 38.9 Å². The van der Waals surface area contributed by atoms with Crippen LogP contribution in [0.1, 0.15) is 35.0 Å². The molecular weight excluding hydrogens is 300 g/mol. The van der Waals surface area contributed by atoms with Crippen molar-refractivity contribution in [1.82, 2.24) is 19.5 Å². The highest BCUT2D eigenvalue weighted by molar-refractivity contribution is 5.47. The molecule has 5 heteroatoms. The molecule has 0 fully saturated rings. The Labute approximate surface area is 142 Å². The number of rotatable bonds is 6. The number of aliphatic hydroxyl groups excluding tert-OH is 1. The summed E-state index contributed by atoms with van der Waals surface area (Å²) >= 11 is 0. The lowest BCUT2D eigenvalue weighted by Gasteiger charge is -2.18. The first-order valence-electron chi connectivity index (χ1n) is 8.27. The van der Waals surface area contributed by atoms with Crippen molar-refractivity contribution in [2.24, 2.45) is 0 Å². The fraction of sp³-hybridized carbons (Fsp3) is 0.368. The van der Waals surface area contributed by atoms with Gasteiger partial charge in [0.05, 0.1) is 12.3 Å². The van der Waals surface area contributed by atoms with Crippen molar-refractivity contribution >= 4 is 5.65 Å². The zero-order valence-electron chi connectivity index (χ0n) is 14.5. The molecule has 0 saturated heterocycles. The van der Waals surface area contributed by atoms with Gasteiger partial charge in [0.15, 0.2) is 5.65 Å². The Balaban J connectivity index is 1.64. The molecule has 0 aliphatic heterocycles. The quantitative estimate of drug-likeness (QED) is 0.757. The van der Waals surface area contributed by atoms with E-state index in [0.29, 0.717) is 6.42 Å². The lowest BCUT2D eigenvalue weighted by Crippen LogP contribution is -2.21. The minimum Gasteiger partial charge on any atom is -0.388 e. The zero-order chi connectivity index (χ0) is 17.1. The molecule has 0 aliphatic rings. The molecule has 3 rings (SSSR count). The monoisotopic (exact) mass is 324 g/mol. The summed E-state index contributed by atoms with van der Waals surface area (Å²) < 4.78 is 1.88. The molecule has 5 nitrogen and oxygen atoms in total. The minimum absolute atomic E-state index is 0.430. The van der Waals surface area contributed by atoms with E-state index in [4.69, 9.17) is 0 Å². The molecule has 0 aliphatic carbocycles. The third-order valence-corrected chi connectivity index (χ3v) is 4.26. The Morgan fingerprint density at radius 1 is 1.21 bits per heavy atom. The number of hydrogen-bond donors (Lipinski definition) is 1. The van der Waals surface area contributed by atoms with E-state index in [9.17, 15) is 5.11 Å². The van der Waals surface area contributed by atoms with E-state index in [0.717, 1.165) is 41.3 Å². The van der Waals surface area contributed by atoms with Crippen LogP contribution in [0.25, 0.3) is 5.65 Å². The van der Waals surface area contributed by atoms with E-state index in [1.807, 2.05) is 61.0 Å². The van der Waals surface area contributed by atoms with Crippen LogP contribution in [0, 0.1) is 13.8 Å². The number of aryl methyl sites for hydroxylation is 2. The predicted molar refractivity (Wildman–Crippen MR) is 94.8 cm³/mol. The first-order chi connectivity index (χ1) is 11.5. The van der Waals surface area contributed by atoms with E-state index in [-0.39, 0.29) is 0 Å². The maximum Gasteiger partial charge on any atom is 0.159 e. The average molecular weight is 324 g/mol. The molecule has 24 heavy (non-hydrogen) atoms. The summed E-state index contributed by atoms with van der Waals surface area (Å²) in [5, 5.41) is 14.7. The van der Waals surface area contributed by atoms with Crippen molar-refractivity contribution in [2.45, 2.75) is 32.9 Å². The van der Waals surface area contributed by atoms with Crippen molar-refractivity contribution in [3.05, 3.63) is 65.1 Å². The predicted octanol–water partition coefficient (Wildman–Crippen LogP) is 2.90. The Kier molecular flexibility index (Phi) is 4.92. The lowest BCUT2D eigenvalue weighted by atomic mass is 10.1. The molecule has 0 bridgehead atoms. The Bertz CT molecular complexity index is 813. The molecule has 0 saturated carbocycles. The van der Waals surface area contributed by atoms with Crippen molar-refractivity contribution in [3.63, 3.8) is 0 Å². The van der Waals surface area contributed by atoms with E-state index in [1.54, 1.807) is 0 Å². The summed E-state index contributed by atoms with van der Waals surface area (Å²) in [5.41, 5.74) is 5.09. The van der Waals surface area contributed by atoms with Crippen LogP contribution in [-0.4, -0.2) is 38.2 Å². The molecule has 3 aromatic rings. The molecule has 0 spiro atoms. The summed E-state index contributed by atoms with van der Waals surface area (Å²) in [6.07, 6.45) is 2.16. The van der Waals surface area contributed by atoms with Crippen molar-refractivity contribution in [3.8, 4) is 0 Å². The van der Waals surface area contributed by atoms with Gasteiger partial charge in [-0.2, -0.15) is 5.10 Å². The number of nitrogens with zero attached hydrogens (tertiary/aromatic N) is 4. The maximum absolute atomic E-state index is 10.3. The third-order valence-electron chi connectivity index (χ3n) is 4.26. The molecule has 2 aromatic heterocycles. The largest absolute Gasteiger partial charge is 0.388 e. The van der Waals surface area contributed by atoms with Crippen LogP contribution in [-0.2, 0) is 6.54 Å². The van der Waals surface area contributed by atoms with E-state index in [1.165, 1.54) is 0 Å². The Morgan fingerprint density at radius 3 is 2.71 bits per heavy atom. The van der Waals surface area contributed by atoms with E-state index >= 15 is 0 Å². The fourth-order valence-corrected chi connectivity index (χ4v) is 2.98. The first kappa shape index (κ1) is 16.6. The fourth-order valence-electron chi connectivity index (χ4n) is 2.98. The SMILES string of the molecule is Cc1cc(C)n2ncc(CN(C)CC[C@@H](O)c3ccccc3)c2n1. The second-order valence-electron chi connectivity index (χ2n) is 6.40. The molecule has 0 radical (unpaired) electrons. The van der Waals surface area contributed by atoms with Crippen molar-refractivity contribution in [2.75, 3.05) is 13.6 Å². The lowest BCUT2D eigenvalue weighted by molar-refractivity contribution is 0.148. The highest BCUT2D eigenvalue weighted by Crippen LogP contribution is 2.18. The van der Waals surface area contributed by atoms with Gasteiger partial charge in [0.2, 0.25) is 0 Å². The van der Waals surface area contributed by atoms with Crippen LogP contribution in [0.4, 0.5) is 0 Å². The van der Waals surface area contributed by atoms with Gasteiger partial charge in [-0.1, -0.05) is 30.3 Å². The van der Waals surface area contributed by atoms with Gasteiger partial charge in [0.1, 0.15) is 0 Å². The van der Waals surface area contributed by atoms with Crippen LogP contribution < -0.4 is 0 Å². The van der Waals surface area contributed by atoms with Gasteiger partial charge in [-0.3, -0.25) is 0 Å². The van der Waals surface area contributed by atoms with Gasteiger partial charge < -0.3 is 10.0 Å². The van der Waals surface area contributed by atoms with Gasteiger partial charge in [-0.15, -0.1) is 0 Å². The molecule has 126 valence electrons. The molecule has 1 N–H and O–H groups in total. The Hall–Kier alpha value is -2.24. The number of aliphatic hydroxyl groups is 1. The van der Waals surface area contributed by atoms with Crippen LogP contribution in [0.15, 0.2) is 42.6 Å². The van der Waals surface area contributed by atoms with Crippen LogP contribution in [0.3, 0.4) is 0 Å². The molecule has 1 aromatic carbocycles. The molecule has 0 unspecified atom stereocenters.